The molecule has 0 fully saturated rings. The van der Waals surface area contributed by atoms with E-state index in [0.29, 0.717) is 11.5 Å². The molecule has 30 heavy (non-hydrogen) atoms. The average Bonchev–Trinajstić information content (AvgIpc) is 2.76. The first-order valence-electron chi connectivity index (χ1n) is 10.2. The maximum absolute atomic E-state index is 11.6. The molecule has 1 aromatic heterocycles. The van der Waals surface area contributed by atoms with Gasteiger partial charge in [-0.05, 0) is 48.6 Å². The topological polar surface area (TPSA) is 89.3 Å². The zero-order valence-corrected chi connectivity index (χ0v) is 17.4. The lowest BCUT2D eigenvalue weighted by molar-refractivity contribution is 0.168. The van der Waals surface area contributed by atoms with Gasteiger partial charge in [-0.15, -0.1) is 0 Å². The molecule has 0 aliphatic heterocycles. The van der Waals surface area contributed by atoms with E-state index in [1.54, 1.807) is 19.1 Å². The zero-order valence-electron chi connectivity index (χ0n) is 17.4. The van der Waals surface area contributed by atoms with Gasteiger partial charge in [0.2, 0.25) is 0 Å². The molecule has 1 heterocycles. The van der Waals surface area contributed by atoms with Crippen LogP contribution < -0.4 is 16.4 Å². The fourth-order valence-corrected chi connectivity index (χ4v) is 3.20. The minimum atomic E-state index is -0.551. The Kier molecular flexibility index (Phi) is 7.27. The van der Waals surface area contributed by atoms with Crippen LogP contribution in [0.25, 0.3) is 0 Å². The highest BCUT2D eigenvalue weighted by Gasteiger charge is 2.15. The SMILES string of the molecule is CCOC(=O)Nc1ccc(NC(Cc2ccccc2)c2ccc(CC)cc2)nc1N. The van der Waals surface area contributed by atoms with E-state index in [9.17, 15) is 4.79 Å². The minimum absolute atomic E-state index is 0.0223. The number of aryl methyl sites for hydroxylation is 1. The Morgan fingerprint density at radius 3 is 2.37 bits per heavy atom. The molecule has 0 bridgehead atoms. The Bertz CT molecular complexity index is 959. The number of aromatic nitrogens is 1. The fourth-order valence-electron chi connectivity index (χ4n) is 3.20. The number of hydrogen-bond acceptors (Lipinski definition) is 5. The number of nitrogens with two attached hydrogens (primary N) is 1. The molecule has 156 valence electrons. The van der Waals surface area contributed by atoms with Crippen molar-refractivity contribution in [2.24, 2.45) is 0 Å². The smallest absolute Gasteiger partial charge is 0.411 e. The van der Waals surface area contributed by atoms with Gasteiger partial charge in [0, 0.05) is 0 Å². The molecule has 2 aromatic carbocycles. The quantitative estimate of drug-likeness (QED) is 0.481. The Labute approximate surface area is 177 Å². The molecule has 0 aliphatic carbocycles. The number of nitrogens with one attached hydrogen (secondary N) is 2. The molecule has 6 nitrogen and oxygen atoms in total. The first-order chi connectivity index (χ1) is 14.6. The van der Waals surface area contributed by atoms with Crippen molar-refractivity contribution in [1.82, 2.24) is 4.98 Å². The van der Waals surface area contributed by atoms with E-state index in [1.165, 1.54) is 16.7 Å². The lowest BCUT2D eigenvalue weighted by Gasteiger charge is -2.21. The van der Waals surface area contributed by atoms with E-state index in [4.69, 9.17) is 10.5 Å². The average molecular weight is 405 g/mol. The van der Waals surface area contributed by atoms with E-state index in [1.807, 2.05) is 18.2 Å². The van der Waals surface area contributed by atoms with Gasteiger partial charge in [0.1, 0.15) is 11.6 Å². The molecule has 0 spiro atoms. The third-order valence-electron chi connectivity index (χ3n) is 4.83. The largest absolute Gasteiger partial charge is 0.450 e. The van der Waals surface area contributed by atoms with Crippen LogP contribution in [0.5, 0.6) is 0 Å². The van der Waals surface area contributed by atoms with Crippen molar-refractivity contribution < 1.29 is 9.53 Å². The summed E-state index contributed by atoms with van der Waals surface area (Å²) in [6.45, 7) is 4.18. The normalized spacial score (nSPS) is 11.5. The molecule has 0 saturated carbocycles. The monoisotopic (exact) mass is 404 g/mol. The highest BCUT2D eigenvalue weighted by atomic mass is 16.5. The van der Waals surface area contributed by atoms with Crippen molar-refractivity contribution in [3.8, 4) is 0 Å². The van der Waals surface area contributed by atoms with Gasteiger partial charge in [0.15, 0.2) is 0 Å². The Balaban J connectivity index is 1.81. The van der Waals surface area contributed by atoms with Crippen LogP contribution in [0.3, 0.4) is 0 Å². The summed E-state index contributed by atoms with van der Waals surface area (Å²) in [5.41, 5.74) is 10.2. The summed E-state index contributed by atoms with van der Waals surface area (Å²) in [6.07, 6.45) is 1.26. The number of ether oxygens (including phenoxy) is 1. The van der Waals surface area contributed by atoms with Gasteiger partial charge >= 0.3 is 6.09 Å². The molecule has 3 aromatic rings. The molecule has 0 radical (unpaired) electrons. The van der Waals surface area contributed by atoms with E-state index < -0.39 is 6.09 Å². The van der Waals surface area contributed by atoms with E-state index in [0.717, 1.165) is 12.8 Å². The molecule has 0 aliphatic rings. The molecule has 1 amide bonds. The van der Waals surface area contributed by atoms with Crippen LogP contribution in [-0.2, 0) is 17.6 Å². The number of benzene rings is 2. The molecular weight excluding hydrogens is 376 g/mol. The van der Waals surface area contributed by atoms with Crippen LogP contribution in [0, 0.1) is 0 Å². The Morgan fingerprint density at radius 1 is 1.00 bits per heavy atom. The molecule has 1 atom stereocenters. The van der Waals surface area contributed by atoms with Crippen LogP contribution in [0.15, 0.2) is 66.7 Å². The van der Waals surface area contributed by atoms with Crippen molar-refractivity contribution in [1.29, 1.82) is 0 Å². The number of hydrogen-bond donors (Lipinski definition) is 3. The predicted octanol–water partition coefficient (Wildman–Crippen LogP) is 5.19. The lowest BCUT2D eigenvalue weighted by atomic mass is 9.97. The fraction of sp³-hybridized carbons (Fsp3) is 0.250. The second-order valence-corrected chi connectivity index (χ2v) is 6.96. The number of rotatable bonds is 8. The summed E-state index contributed by atoms with van der Waals surface area (Å²) >= 11 is 0. The second-order valence-electron chi connectivity index (χ2n) is 6.96. The number of pyridine rings is 1. The minimum Gasteiger partial charge on any atom is -0.450 e. The van der Waals surface area contributed by atoms with Crippen LogP contribution in [0.4, 0.5) is 22.1 Å². The van der Waals surface area contributed by atoms with E-state index in [-0.39, 0.29) is 18.5 Å². The second kappa shape index (κ2) is 10.3. The summed E-state index contributed by atoms with van der Waals surface area (Å²) in [5, 5.41) is 6.09. The van der Waals surface area contributed by atoms with Gasteiger partial charge in [-0.3, -0.25) is 5.32 Å². The molecule has 4 N–H and O–H groups in total. The standard InChI is InChI=1S/C24H28N4O2/c1-3-17-10-12-19(13-11-17)21(16-18-8-6-5-7-9-18)26-22-15-14-20(23(25)28-22)27-24(29)30-4-2/h5-15,21H,3-4,16H2,1-2H3,(H,27,29)(H3,25,26,28). The van der Waals surface area contributed by atoms with Crippen molar-refractivity contribution in [2.75, 3.05) is 23.0 Å². The Hall–Kier alpha value is -3.54. The maximum Gasteiger partial charge on any atom is 0.411 e. The number of carbonyl (C=O) groups excluding carboxylic acids is 1. The first-order valence-corrected chi connectivity index (χ1v) is 10.2. The lowest BCUT2D eigenvalue weighted by Crippen LogP contribution is -2.17. The van der Waals surface area contributed by atoms with Gasteiger partial charge in [-0.1, -0.05) is 61.5 Å². The number of anilines is 3. The first kappa shape index (κ1) is 21.2. The molecular formula is C24H28N4O2. The van der Waals surface area contributed by atoms with Crippen LogP contribution in [-0.4, -0.2) is 17.7 Å². The highest BCUT2D eigenvalue weighted by Crippen LogP contribution is 2.26. The molecule has 1 unspecified atom stereocenters. The summed E-state index contributed by atoms with van der Waals surface area (Å²) in [6, 6.07) is 22.5. The van der Waals surface area contributed by atoms with Crippen molar-refractivity contribution in [3.63, 3.8) is 0 Å². The van der Waals surface area contributed by atoms with Crippen molar-refractivity contribution in [3.05, 3.63) is 83.4 Å². The van der Waals surface area contributed by atoms with Gasteiger partial charge in [-0.25, -0.2) is 9.78 Å². The number of nitrogen functional groups attached to an aromatic ring is 1. The molecule has 3 rings (SSSR count). The predicted molar refractivity (Wildman–Crippen MR) is 122 cm³/mol. The maximum atomic E-state index is 11.6. The van der Waals surface area contributed by atoms with Crippen LogP contribution >= 0.6 is 0 Å². The summed E-state index contributed by atoms with van der Waals surface area (Å²) < 4.78 is 4.89. The molecule has 6 heteroatoms. The number of amides is 1. The highest BCUT2D eigenvalue weighted by molar-refractivity contribution is 5.88. The van der Waals surface area contributed by atoms with E-state index in [2.05, 4.69) is 58.9 Å². The summed E-state index contributed by atoms with van der Waals surface area (Å²) in [5.74, 6) is 0.871. The molecule has 0 saturated heterocycles. The van der Waals surface area contributed by atoms with Gasteiger partial charge in [-0.2, -0.15) is 0 Å². The summed E-state index contributed by atoms with van der Waals surface area (Å²) in [7, 11) is 0. The Morgan fingerprint density at radius 2 is 1.73 bits per heavy atom. The zero-order chi connectivity index (χ0) is 21.3. The van der Waals surface area contributed by atoms with Crippen LogP contribution in [0.1, 0.15) is 36.6 Å². The third kappa shape index (κ3) is 5.73. The van der Waals surface area contributed by atoms with Crippen LogP contribution in [0.2, 0.25) is 0 Å². The van der Waals surface area contributed by atoms with Gasteiger partial charge < -0.3 is 15.8 Å². The van der Waals surface area contributed by atoms with Gasteiger partial charge in [0.25, 0.3) is 0 Å². The van der Waals surface area contributed by atoms with Gasteiger partial charge in [0.05, 0.1) is 18.3 Å². The van der Waals surface area contributed by atoms with E-state index >= 15 is 0 Å². The number of carbonyl (C=O) groups is 1. The summed E-state index contributed by atoms with van der Waals surface area (Å²) in [4.78, 5) is 16.1. The number of nitrogens with zero attached hydrogens (tertiary/aromatic N) is 1. The van der Waals surface area contributed by atoms with Crippen molar-refractivity contribution >= 4 is 23.4 Å². The van der Waals surface area contributed by atoms with Crippen molar-refractivity contribution in [2.45, 2.75) is 32.7 Å². The third-order valence-corrected chi connectivity index (χ3v) is 4.83.